The molecule has 2 amide bonds. The van der Waals surface area contributed by atoms with Crippen molar-refractivity contribution in [3.63, 3.8) is 0 Å². The molecule has 0 radical (unpaired) electrons. The van der Waals surface area contributed by atoms with Crippen LogP contribution in [0, 0.1) is 0 Å². The molecule has 1 aromatic rings. The monoisotopic (exact) mass is 443 g/mol. The van der Waals surface area contributed by atoms with Crippen molar-refractivity contribution in [2.75, 3.05) is 39.3 Å². The number of likely N-dealkylation sites (tertiary alicyclic amines) is 1. The Labute approximate surface area is 192 Å². The molecule has 2 atom stereocenters. The number of piperazine rings is 1. The molecule has 3 heterocycles. The van der Waals surface area contributed by atoms with Crippen LogP contribution >= 0.6 is 0 Å². The fourth-order valence-corrected chi connectivity index (χ4v) is 5.97. The average Bonchev–Trinajstić information content (AvgIpc) is 3.32. The van der Waals surface area contributed by atoms with E-state index in [1.165, 1.54) is 25.7 Å². The fraction of sp³-hybridized carbons (Fsp3) is 0.840. The van der Waals surface area contributed by atoms with Gasteiger partial charge in [0, 0.05) is 74.8 Å². The molecule has 0 spiro atoms. The van der Waals surface area contributed by atoms with Crippen LogP contribution in [0.1, 0.15) is 83.1 Å². The van der Waals surface area contributed by atoms with E-state index >= 15 is 0 Å². The molecule has 178 valence electrons. The van der Waals surface area contributed by atoms with Crippen LogP contribution in [0.2, 0.25) is 0 Å². The van der Waals surface area contributed by atoms with E-state index in [9.17, 15) is 4.79 Å². The largest absolute Gasteiger partial charge is 0.361 e. The minimum Gasteiger partial charge on any atom is -0.361 e. The number of nitrogens with zero attached hydrogens (tertiary/aromatic N) is 4. The Morgan fingerprint density at radius 1 is 1.09 bits per heavy atom. The summed E-state index contributed by atoms with van der Waals surface area (Å²) in [5.41, 5.74) is 1.09. The van der Waals surface area contributed by atoms with E-state index in [4.69, 9.17) is 4.52 Å². The number of urea groups is 1. The van der Waals surface area contributed by atoms with E-state index in [1.807, 2.05) is 4.90 Å². The third-order valence-corrected chi connectivity index (χ3v) is 8.62. The molecule has 4 fully saturated rings. The Morgan fingerprint density at radius 2 is 1.81 bits per heavy atom. The predicted molar refractivity (Wildman–Crippen MR) is 125 cm³/mol. The van der Waals surface area contributed by atoms with E-state index in [1.54, 1.807) is 0 Å². The summed E-state index contributed by atoms with van der Waals surface area (Å²) in [5.74, 6) is 1.65. The minimum absolute atomic E-state index is 0.0133. The first-order valence-corrected chi connectivity index (χ1v) is 12.9. The van der Waals surface area contributed by atoms with Gasteiger partial charge in [-0.1, -0.05) is 12.1 Å². The van der Waals surface area contributed by atoms with Crippen molar-refractivity contribution < 1.29 is 9.32 Å². The van der Waals surface area contributed by atoms with Crippen molar-refractivity contribution in [1.82, 2.24) is 25.2 Å². The number of hydrogen-bond donors (Lipinski definition) is 1. The number of rotatable bonds is 5. The van der Waals surface area contributed by atoms with E-state index in [0.717, 1.165) is 70.0 Å². The number of carbonyl (C=O) groups excluding carboxylic acids is 1. The van der Waals surface area contributed by atoms with Crippen LogP contribution in [0.4, 0.5) is 4.79 Å². The first-order chi connectivity index (χ1) is 15.4. The average molecular weight is 444 g/mol. The molecule has 7 nitrogen and oxygen atoms in total. The molecule has 2 saturated carbocycles. The quantitative estimate of drug-likeness (QED) is 0.754. The number of nitrogens with one attached hydrogen (secondary N) is 1. The SMILES string of the molecule is CC(C)N1CCN(C2CCC[C@@H]2NC(=O)N2CCC(C)(c3cc(C4CC4)on3)CC2)CC1. The van der Waals surface area contributed by atoms with Gasteiger partial charge < -0.3 is 14.7 Å². The Balaban J connectivity index is 1.12. The van der Waals surface area contributed by atoms with Gasteiger partial charge in [0.1, 0.15) is 5.76 Å². The van der Waals surface area contributed by atoms with Gasteiger partial charge in [0.2, 0.25) is 0 Å². The summed E-state index contributed by atoms with van der Waals surface area (Å²) in [6, 6.07) is 3.72. The normalized spacial score (nSPS) is 29.6. The predicted octanol–water partition coefficient (Wildman–Crippen LogP) is 3.56. The van der Waals surface area contributed by atoms with Gasteiger partial charge in [-0.25, -0.2) is 4.79 Å². The highest BCUT2D eigenvalue weighted by molar-refractivity contribution is 5.74. The van der Waals surface area contributed by atoms with Crippen molar-refractivity contribution in [2.45, 2.75) is 95.2 Å². The maximum absolute atomic E-state index is 13.1. The van der Waals surface area contributed by atoms with Crippen LogP contribution in [-0.2, 0) is 5.41 Å². The lowest BCUT2D eigenvalue weighted by molar-refractivity contribution is 0.0702. The van der Waals surface area contributed by atoms with Gasteiger partial charge >= 0.3 is 6.03 Å². The number of hydrogen-bond acceptors (Lipinski definition) is 5. The smallest absolute Gasteiger partial charge is 0.317 e. The zero-order chi connectivity index (χ0) is 22.3. The number of piperidine rings is 1. The number of carbonyl (C=O) groups is 1. The zero-order valence-electron chi connectivity index (χ0n) is 20.2. The first kappa shape index (κ1) is 22.2. The highest BCUT2D eigenvalue weighted by Gasteiger charge is 2.39. The van der Waals surface area contributed by atoms with Gasteiger partial charge in [-0.2, -0.15) is 0 Å². The number of amides is 2. The molecule has 2 saturated heterocycles. The minimum atomic E-state index is 0.0133. The standard InChI is InChI=1S/C25H41N5O2/c1-18(2)28-13-15-29(16-14-28)21-6-4-5-20(21)26-24(31)30-11-9-25(3,10-12-30)23-17-22(32-27-23)19-7-8-19/h17-21H,4-16H2,1-3H3,(H,26,31)/t20-,21?/m0/s1. The van der Waals surface area contributed by atoms with Crippen LogP contribution in [0.15, 0.2) is 10.6 Å². The van der Waals surface area contributed by atoms with Crippen LogP contribution < -0.4 is 5.32 Å². The molecule has 4 aliphatic rings. The Morgan fingerprint density at radius 3 is 2.47 bits per heavy atom. The summed E-state index contributed by atoms with van der Waals surface area (Å²) in [6.07, 6.45) is 7.89. The highest BCUT2D eigenvalue weighted by atomic mass is 16.5. The van der Waals surface area contributed by atoms with Crippen LogP contribution in [0.5, 0.6) is 0 Å². The molecular formula is C25H41N5O2. The summed E-state index contributed by atoms with van der Waals surface area (Å²) < 4.78 is 5.61. The van der Waals surface area contributed by atoms with Crippen molar-refractivity contribution in [2.24, 2.45) is 0 Å². The van der Waals surface area contributed by atoms with Gasteiger partial charge in [-0.15, -0.1) is 0 Å². The maximum Gasteiger partial charge on any atom is 0.317 e. The molecule has 1 N–H and O–H groups in total. The summed E-state index contributed by atoms with van der Waals surface area (Å²) >= 11 is 0. The van der Waals surface area contributed by atoms with Gasteiger partial charge in [0.25, 0.3) is 0 Å². The number of aromatic nitrogens is 1. The fourth-order valence-electron chi connectivity index (χ4n) is 5.97. The Bertz CT molecular complexity index is 788. The Kier molecular flexibility index (Phi) is 6.23. The van der Waals surface area contributed by atoms with Crippen LogP contribution in [-0.4, -0.2) is 83.3 Å². The van der Waals surface area contributed by atoms with Crippen LogP contribution in [0.3, 0.4) is 0 Å². The van der Waals surface area contributed by atoms with E-state index in [-0.39, 0.29) is 17.5 Å². The van der Waals surface area contributed by atoms with Crippen molar-refractivity contribution in [3.8, 4) is 0 Å². The topological polar surface area (TPSA) is 64.8 Å². The maximum atomic E-state index is 13.1. The van der Waals surface area contributed by atoms with Crippen LogP contribution in [0.25, 0.3) is 0 Å². The molecule has 1 aromatic heterocycles. The van der Waals surface area contributed by atoms with E-state index < -0.39 is 0 Å². The van der Waals surface area contributed by atoms with Crippen molar-refractivity contribution in [3.05, 3.63) is 17.5 Å². The van der Waals surface area contributed by atoms with Gasteiger partial charge in [0.15, 0.2) is 0 Å². The molecule has 0 bridgehead atoms. The molecule has 2 aliphatic carbocycles. The molecule has 1 unspecified atom stereocenters. The van der Waals surface area contributed by atoms with Gasteiger partial charge in [-0.05, 0) is 58.8 Å². The summed E-state index contributed by atoms with van der Waals surface area (Å²) in [4.78, 5) is 20.3. The lowest BCUT2D eigenvalue weighted by atomic mass is 9.77. The van der Waals surface area contributed by atoms with Crippen molar-refractivity contribution >= 4 is 6.03 Å². The lowest BCUT2D eigenvalue weighted by Gasteiger charge is -2.42. The lowest BCUT2D eigenvalue weighted by Crippen LogP contribution is -2.58. The second kappa shape index (κ2) is 8.98. The summed E-state index contributed by atoms with van der Waals surface area (Å²) in [6.45, 7) is 13.0. The molecule has 5 rings (SSSR count). The Hall–Kier alpha value is -1.60. The molecule has 32 heavy (non-hydrogen) atoms. The molecule has 2 aliphatic heterocycles. The first-order valence-electron chi connectivity index (χ1n) is 12.9. The highest BCUT2D eigenvalue weighted by Crippen LogP contribution is 2.43. The van der Waals surface area contributed by atoms with E-state index in [0.29, 0.717) is 18.0 Å². The van der Waals surface area contributed by atoms with Gasteiger partial charge in [0.05, 0.1) is 5.69 Å². The second-order valence-electron chi connectivity index (χ2n) is 11.2. The molecular weight excluding hydrogens is 402 g/mol. The zero-order valence-corrected chi connectivity index (χ0v) is 20.2. The second-order valence-corrected chi connectivity index (χ2v) is 11.2. The summed E-state index contributed by atoms with van der Waals surface area (Å²) in [7, 11) is 0. The molecule has 7 heteroatoms. The van der Waals surface area contributed by atoms with Gasteiger partial charge in [-0.3, -0.25) is 9.80 Å². The third kappa shape index (κ3) is 4.56. The van der Waals surface area contributed by atoms with Crippen molar-refractivity contribution in [1.29, 1.82) is 0 Å². The summed E-state index contributed by atoms with van der Waals surface area (Å²) in [5, 5.41) is 7.82. The third-order valence-electron chi connectivity index (χ3n) is 8.62. The molecule has 0 aromatic carbocycles. The van der Waals surface area contributed by atoms with E-state index in [2.05, 4.69) is 47.1 Å².